The molecule has 0 radical (unpaired) electrons. The summed E-state index contributed by atoms with van der Waals surface area (Å²) >= 11 is 0. The number of fused-ring (bicyclic) bond motifs is 1. The van der Waals surface area contributed by atoms with Crippen molar-refractivity contribution in [3.8, 4) is 5.75 Å². The number of rotatable bonds is 4. The van der Waals surface area contributed by atoms with Gasteiger partial charge in [0.2, 0.25) is 0 Å². The number of amides is 1. The van der Waals surface area contributed by atoms with Gasteiger partial charge in [-0.3, -0.25) is 4.79 Å². The first-order valence-corrected chi connectivity index (χ1v) is 9.29. The Kier molecular flexibility index (Phi) is 5.04. The quantitative estimate of drug-likeness (QED) is 0.673. The number of piperazine rings is 1. The molecule has 2 aromatic heterocycles. The van der Waals surface area contributed by atoms with Crippen LogP contribution < -0.4 is 9.64 Å². The molecule has 3 heterocycles. The van der Waals surface area contributed by atoms with Crippen LogP contribution in [0.25, 0.3) is 5.65 Å². The highest BCUT2D eigenvalue weighted by atomic mass is 19.3. The first-order valence-electron chi connectivity index (χ1n) is 9.29. The summed E-state index contributed by atoms with van der Waals surface area (Å²) in [6, 6.07) is 9.06. The number of alkyl halides is 2. The van der Waals surface area contributed by atoms with Crippen LogP contribution in [0.15, 0.2) is 36.5 Å². The third kappa shape index (κ3) is 3.59. The fraction of sp³-hybridized carbons (Fsp3) is 0.350. The van der Waals surface area contributed by atoms with Gasteiger partial charge < -0.3 is 14.5 Å². The van der Waals surface area contributed by atoms with Crippen molar-refractivity contribution in [3.05, 3.63) is 53.5 Å². The highest BCUT2D eigenvalue weighted by Crippen LogP contribution is 2.24. The first kappa shape index (κ1) is 19.1. The lowest BCUT2D eigenvalue weighted by molar-refractivity contribution is 0.0748. The number of carbonyl (C=O) groups is 1. The van der Waals surface area contributed by atoms with Gasteiger partial charge in [-0.15, -0.1) is 0 Å². The van der Waals surface area contributed by atoms with Crippen LogP contribution in [0.2, 0.25) is 0 Å². The van der Waals surface area contributed by atoms with Gasteiger partial charge in [-0.25, -0.2) is 18.3 Å². The molecule has 4 rings (SSSR count). The van der Waals surface area contributed by atoms with Gasteiger partial charge in [0.1, 0.15) is 17.0 Å². The number of hydrogen-bond donors (Lipinski definition) is 0. The van der Waals surface area contributed by atoms with Gasteiger partial charge >= 0.3 is 0 Å². The summed E-state index contributed by atoms with van der Waals surface area (Å²) in [5.41, 5.74) is 1.63. The predicted molar refractivity (Wildman–Crippen MR) is 104 cm³/mol. The van der Waals surface area contributed by atoms with E-state index in [9.17, 15) is 13.6 Å². The number of hydrogen-bond acceptors (Lipinski definition) is 5. The summed E-state index contributed by atoms with van der Waals surface area (Å²) in [5.74, 6) is 0.550. The van der Waals surface area contributed by atoms with Crippen molar-refractivity contribution in [2.75, 3.05) is 38.2 Å². The van der Waals surface area contributed by atoms with Gasteiger partial charge in [-0.05, 0) is 37.3 Å². The van der Waals surface area contributed by atoms with Crippen molar-refractivity contribution < 1.29 is 18.3 Å². The summed E-state index contributed by atoms with van der Waals surface area (Å²) in [5, 5.41) is 3.98. The van der Waals surface area contributed by atoms with Gasteiger partial charge in [-0.2, -0.15) is 5.10 Å². The van der Waals surface area contributed by atoms with Gasteiger partial charge in [0.15, 0.2) is 5.65 Å². The van der Waals surface area contributed by atoms with Crippen molar-refractivity contribution >= 4 is 17.2 Å². The molecule has 0 atom stereocenters. The predicted octanol–water partition coefficient (Wildman–Crippen LogP) is 2.95. The second kappa shape index (κ2) is 7.65. The summed E-state index contributed by atoms with van der Waals surface area (Å²) < 4.78 is 32.8. The summed E-state index contributed by atoms with van der Waals surface area (Å²) in [4.78, 5) is 21.2. The topological polar surface area (TPSA) is 63.0 Å². The number of anilines is 1. The van der Waals surface area contributed by atoms with E-state index in [1.54, 1.807) is 18.9 Å². The van der Waals surface area contributed by atoms with Gasteiger partial charge in [0.05, 0.1) is 13.3 Å². The molecular weight excluding hydrogens is 380 g/mol. The minimum Gasteiger partial charge on any atom is -0.497 e. The fourth-order valence-electron chi connectivity index (χ4n) is 3.55. The number of carbonyl (C=O) groups excluding carboxylic acids is 1. The van der Waals surface area contributed by atoms with E-state index in [1.165, 1.54) is 12.3 Å². The Labute approximate surface area is 166 Å². The highest BCUT2D eigenvalue weighted by molar-refractivity contribution is 5.99. The lowest BCUT2D eigenvalue weighted by Crippen LogP contribution is -2.48. The lowest BCUT2D eigenvalue weighted by atomic mass is 10.2. The number of aromatic nitrogens is 3. The minimum absolute atomic E-state index is 0.169. The molecule has 1 aliphatic heterocycles. The van der Waals surface area contributed by atoms with Crippen LogP contribution in [-0.2, 0) is 0 Å². The molecule has 9 heteroatoms. The van der Waals surface area contributed by atoms with E-state index in [1.807, 2.05) is 24.3 Å². The molecule has 0 saturated carbocycles. The van der Waals surface area contributed by atoms with Crippen LogP contribution in [0.1, 0.15) is 28.2 Å². The van der Waals surface area contributed by atoms with E-state index in [-0.39, 0.29) is 22.8 Å². The second-order valence-corrected chi connectivity index (χ2v) is 6.89. The van der Waals surface area contributed by atoms with E-state index in [0.717, 1.165) is 16.0 Å². The molecule has 7 nitrogen and oxygen atoms in total. The molecule has 3 aromatic rings. The number of methoxy groups -OCH3 is 1. The van der Waals surface area contributed by atoms with E-state index >= 15 is 0 Å². The monoisotopic (exact) mass is 401 g/mol. The molecule has 29 heavy (non-hydrogen) atoms. The van der Waals surface area contributed by atoms with Crippen LogP contribution in [-0.4, -0.2) is 58.7 Å². The smallest absolute Gasteiger partial charge is 0.280 e. The minimum atomic E-state index is -2.70. The molecule has 0 spiro atoms. The molecule has 0 N–H and O–H groups in total. The third-order valence-electron chi connectivity index (χ3n) is 5.09. The normalized spacial score (nSPS) is 14.7. The Hall–Kier alpha value is -3.23. The van der Waals surface area contributed by atoms with Crippen molar-refractivity contribution in [3.63, 3.8) is 0 Å². The van der Waals surface area contributed by atoms with E-state index < -0.39 is 6.43 Å². The first-order chi connectivity index (χ1) is 14.0. The Morgan fingerprint density at radius 3 is 2.45 bits per heavy atom. The molecule has 0 bridgehead atoms. The maximum atomic E-state index is 13.3. The lowest BCUT2D eigenvalue weighted by Gasteiger charge is -2.36. The van der Waals surface area contributed by atoms with Gasteiger partial charge in [0, 0.05) is 37.6 Å². The molecule has 0 unspecified atom stereocenters. The number of benzene rings is 1. The Bertz CT molecular complexity index is 1030. The average molecular weight is 401 g/mol. The summed E-state index contributed by atoms with van der Waals surface area (Å²) in [6.45, 7) is 4.02. The van der Waals surface area contributed by atoms with Crippen molar-refractivity contribution in [1.29, 1.82) is 0 Å². The van der Waals surface area contributed by atoms with Crippen LogP contribution >= 0.6 is 0 Å². The number of ether oxygens (including phenoxy) is 1. The van der Waals surface area contributed by atoms with E-state index in [2.05, 4.69) is 15.0 Å². The van der Waals surface area contributed by atoms with Crippen molar-refractivity contribution in [2.45, 2.75) is 13.3 Å². The SMILES string of the molecule is COc1ccc(N2CCN(C(=O)c3cnn4c(C(F)F)cc(C)nc34)CC2)cc1. The van der Waals surface area contributed by atoms with E-state index in [4.69, 9.17) is 4.74 Å². The number of nitrogens with zero attached hydrogens (tertiary/aromatic N) is 5. The third-order valence-corrected chi connectivity index (χ3v) is 5.09. The summed E-state index contributed by atoms with van der Waals surface area (Å²) in [6.07, 6.45) is -1.37. The average Bonchev–Trinajstić information content (AvgIpc) is 3.16. The maximum absolute atomic E-state index is 13.3. The van der Waals surface area contributed by atoms with Crippen molar-refractivity contribution in [1.82, 2.24) is 19.5 Å². The van der Waals surface area contributed by atoms with Gasteiger partial charge in [0.25, 0.3) is 12.3 Å². The van der Waals surface area contributed by atoms with Gasteiger partial charge in [-0.1, -0.05) is 0 Å². The van der Waals surface area contributed by atoms with Crippen LogP contribution in [0.4, 0.5) is 14.5 Å². The largest absolute Gasteiger partial charge is 0.497 e. The highest BCUT2D eigenvalue weighted by Gasteiger charge is 2.26. The molecular formula is C20H21F2N5O2. The Balaban J connectivity index is 1.51. The van der Waals surface area contributed by atoms with E-state index in [0.29, 0.717) is 31.9 Å². The number of halogens is 2. The molecule has 0 aliphatic carbocycles. The zero-order valence-corrected chi connectivity index (χ0v) is 16.2. The maximum Gasteiger partial charge on any atom is 0.280 e. The van der Waals surface area contributed by atoms with Crippen LogP contribution in [0, 0.1) is 6.92 Å². The number of aryl methyl sites for hydroxylation is 1. The standard InChI is InChI=1S/C20H21F2N5O2/c1-13-11-17(18(21)22)27-19(24-13)16(12-23-27)20(28)26-9-7-25(8-10-26)14-3-5-15(29-2)6-4-14/h3-6,11-12,18H,7-10H2,1-2H3. The fourth-order valence-corrected chi connectivity index (χ4v) is 3.55. The second-order valence-electron chi connectivity index (χ2n) is 6.89. The molecule has 1 fully saturated rings. The summed E-state index contributed by atoms with van der Waals surface area (Å²) in [7, 11) is 1.63. The Morgan fingerprint density at radius 1 is 1.14 bits per heavy atom. The molecule has 1 aromatic carbocycles. The zero-order valence-electron chi connectivity index (χ0n) is 16.2. The molecule has 1 saturated heterocycles. The van der Waals surface area contributed by atoms with Crippen LogP contribution in [0.5, 0.6) is 5.75 Å². The zero-order chi connectivity index (χ0) is 20.5. The molecule has 152 valence electrons. The Morgan fingerprint density at radius 2 is 1.83 bits per heavy atom. The molecule has 1 aliphatic rings. The molecule has 1 amide bonds. The van der Waals surface area contributed by atoms with Crippen LogP contribution in [0.3, 0.4) is 0 Å². The van der Waals surface area contributed by atoms with Crippen molar-refractivity contribution in [2.24, 2.45) is 0 Å².